The van der Waals surface area contributed by atoms with E-state index in [1.54, 1.807) is 0 Å². The van der Waals surface area contributed by atoms with Gasteiger partial charge in [0, 0.05) is 32.4 Å². The number of hydrogen-bond donors (Lipinski definition) is 2. The minimum atomic E-state index is -5.07. The van der Waals surface area contributed by atoms with E-state index >= 15 is 0 Å². The van der Waals surface area contributed by atoms with Crippen LogP contribution < -0.4 is 11.0 Å². The van der Waals surface area contributed by atoms with E-state index in [0.29, 0.717) is 24.2 Å². The molecule has 1 aromatic carbocycles. The third-order valence-corrected chi connectivity index (χ3v) is 7.93. The number of rotatable bonds is 8. The maximum atomic E-state index is 13.9. The van der Waals surface area contributed by atoms with E-state index in [0.717, 1.165) is 44.4 Å². The van der Waals surface area contributed by atoms with Crippen LogP contribution in [0.2, 0.25) is 0 Å². The van der Waals surface area contributed by atoms with E-state index < -0.39 is 41.8 Å². The lowest BCUT2D eigenvalue weighted by atomic mass is 9.91. The van der Waals surface area contributed by atoms with Crippen LogP contribution in [0.4, 0.5) is 39.5 Å². The van der Waals surface area contributed by atoms with Crippen molar-refractivity contribution in [2.45, 2.75) is 89.2 Å². The zero-order valence-electron chi connectivity index (χ0n) is 24.3. The first-order valence-corrected chi connectivity index (χ1v) is 14.1. The number of hydrazone groups is 1. The molecule has 44 heavy (non-hydrogen) atoms. The molecule has 1 unspecified atom stereocenters. The van der Waals surface area contributed by atoms with Gasteiger partial charge >= 0.3 is 18.5 Å². The second kappa shape index (κ2) is 13.0. The highest BCUT2D eigenvalue weighted by Crippen LogP contribution is 2.38. The SMILES string of the molecule is CCC(c1ncc(C(F)(F)F)cc1CN(Cc1cc(C(F)(F)F)cc(C(F)(F)F)c1)C1=NN(C)NN1)N(C)C1CCCCC1. The van der Waals surface area contributed by atoms with Crippen LogP contribution in [0.1, 0.15) is 85.0 Å². The molecular weight excluding hydrogens is 605 g/mol. The Kier molecular flexibility index (Phi) is 9.93. The van der Waals surface area contributed by atoms with Crippen LogP contribution in [-0.2, 0) is 31.6 Å². The number of nitrogens with one attached hydrogen (secondary N) is 2. The molecule has 1 aliphatic carbocycles. The number of nitrogens with zero attached hydrogens (tertiary/aromatic N) is 5. The molecular formula is C28H34F9N7. The van der Waals surface area contributed by atoms with Gasteiger partial charge in [0.2, 0.25) is 5.96 Å². The van der Waals surface area contributed by atoms with Gasteiger partial charge in [0.25, 0.3) is 0 Å². The average molecular weight is 640 g/mol. The van der Waals surface area contributed by atoms with Crippen LogP contribution in [0.3, 0.4) is 0 Å². The van der Waals surface area contributed by atoms with Gasteiger partial charge in [0.15, 0.2) is 0 Å². The highest BCUT2D eigenvalue weighted by molar-refractivity contribution is 5.80. The predicted octanol–water partition coefficient (Wildman–Crippen LogP) is 7.08. The Bertz CT molecular complexity index is 1290. The van der Waals surface area contributed by atoms with Crippen molar-refractivity contribution >= 4 is 5.96 Å². The number of aromatic nitrogens is 1. The summed E-state index contributed by atoms with van der Waals surface area (Å²) in [5.41, 5.74) is 1.37. The second-order valence-electron chi connectivity index (χ2n) is 11.1. The molecule has 2 aromatic rings. The van der Waals surface area contributed by atoms with Crippen molar-refractivity contribution in [3.63, 3.8) is 0 Å². The number of alkyl halides is 9. The van der Waals surface area contributed by atoms with Crippen LogP contribution in [0, 0.1) is 0 Å². The Hall–Kier alpha value is -3.27. The fraction of sp³-hybridized carbons (Fsp3) is 0.571. The van der Waals surface area contributed by atoms with Gasteiger partial charge in [0.1, 0.15) is 0 Å². The summed E-state index contributed by atoms with van der Waals surface area (Å²) in [6, 6.07) is 1.94. The zero-order valence-corrected chi connectivity index (χ0v) is 24.3. The third-order valence-electron chi connectivity index (χ3n) is 7.93. The summed E-state index contributed by atoms with van der Waals surface area (Å²) in [6.45, 7) is 0.993. The monoisotopic (exact) mass is 639 g/mol. The molecule has 16 heteroatoms. The van der Waals surface area contributed by atoms with E-state index in [1.165, 1.54) is 17.1 Å². The van der Waals surface area contributed by atoms with Gasteiger partial charge in [-0.1, -0.05) is 26.2 Å². The van der Waals surface area contributed by atoms with Gasteiger partial charge in [0.05, 0.1) is 28.4 Å². The Morgan fingerprint density at radius 2 is 1.45 bits per heavy atom. The van der Waals surface area contributed by atoms with Gasteiger partial charge in [-0.05, 0) is 61.7 Å². The maximum absolute atomic E-state index is 13.9. The highest BCUT2D eigenvalue weighted by Gasteiger charge is 2.38. The van der Waals surface area contributed by atoms with E-state index in [1.807, 2.05) is 14.0 Å². The summed E-state index contributed by atoms with van der Waals surface area (Å²) in [5, 5.41) is 5.36. The molecule has 0 bridgehead atoms. The summed E-state index contributed by atoms with van der Waals surface area (Å²) in [6.07, 6.45) is -8.63. The summed E-state index contributed by atoms with van der Waals surface area (Å²) in [4.78, 5) is 7.64. The third kappa shape index (κ3) is 8.06. The Balaban J connectivity index is 1.79. The molecule has 1 saturated carbocycles. The minimum Gasteiger partial charge on any atom is -0.332 e. The zero-order chi connectivity index (χ0) is 32.4. The molecule has 1 fully saturated rings. The molecule has 0 radical (unpaired) electrons. The topological polar surface area (TPSA) is 59.0 Å². The first-order valence-electron chi connectivity index (χ1n) is 14.1. The van der Waals surface area contributed by atoms with Crippen LogP contribution in [0.25, 0.3) is 0 Å². The van der Waals surface area contributed by atoms with Gasteiger partial charge < -0.3 is 4.90 Å². The standard InChI is InChI=1S/C28H34F9N7/c1-4-23(42(2)22-8-6-5-7-9-22)24-18(12-21(14-38-24)28(35,36)37)16-44(25-39-41-43(3)40-25)15-17-10-19(26(29,30)31)13-20(11-17)27(32,33)34/h10-14,22-23,41H,4-9,15-16H2,1-3H3,(H,39,40). The fourth-order valence-electron chi connectivity index (χ4n) is 5.73. The van der Waals surface area contributed by atoms with Crippen molar-refractivity contribution in [1.82, 2.24) is 30.9 Å². The molecule has 0 amide bonds. The summed E-state index contributed by atoms with van der Waals surface area (Å²) in [5.74, 6) is -0.0180. The molecule has 7 nitrogen and oxygen atoms in total. The first-order chi connectivity index (χ1) is 20.5. The molecule has 0 spiro atoms. The van der Waals surface area contributed by atoms with E-state index in [9.17, 15) is 39.5 Å². The number of benzene rings is 1. The average Bonchev–Trinajstić information content (AvgIpc) is 3.38. The van der Waals surface area contributed by atoms with Gasteiger partial charge in [-0.3, -0.25) is 15.3 Å². The quantitative estimate of drug-likeness (QED) is 0.301. The predicted molar refractivity (Wildman–Crippen MR) is 144 cm³/mol. The highest BCUT2D eigenvalue weighted by atomic mass is 19.4. The van der Waals surface area contributed by atoms with Crippen LogP contribution in [0.5, 0.6) is 0 Å². The van der Waals surface area contributed by atoms with E-state index in [4.69, 9.17) is 0 Å². The number of hydrazine groups is 2. The summed E-state index contributed by atoms with van der Waals surface area (Å²) < 4.78 is 123. The van der Waals surface area contributed by atoms with Crippen LogP contribution in [-0.4, -0.2) is 46.0 Å². The number of pyridine rings is 1. The first kappa shape index (κ1) is 33.6. The Morgan fingerprint density at radius 1 is 0.864 bits per heavy atom. The van der Waals surface area contributed by atoms with Crippen molar-refractivity contribution < 1.29 is 39.5 Å². The van der Waals surface area contributed by atoms with Crippen molar-refractivity contribution in [3.05, 3.63) is 64.0 Å². The minimum absolute atomic E-state index is 0.0180. The molecule has 244 valence electrons. The number of guanidine groups is 1. The number of hydrogen-bond acceptors (Lipinski definition) is 7. The van der Waals surface area contributed by atoms with Gasteiger partial charge in [-0.25, -0.2) is 5.12 Å². The molecule has 1 aliphatic heterocycles. The molecule has 2 aliphatic rings. The molecule has 1 aromatic heterocycles. The summed E-state index contributed by atoms with van der Waals surface area (Å²) >= 11 is 0. The van der Waals surface area contributed by atoms with Crippen LogP contribution >= 0.6 is 0 Å². The number of halogens is 9. The maximum Gasteiger partial charge on any atom is 0.417 e. The van der Waals surface area contributed by atoms with Gasteiger partial charge in [-0.15, -0.1) is 10.6 Å². The van der Waals surface area contributed by atoms with Crippen LogP contribution in [0.15, 0.2) is 35.6 Å². The van der Waals surface area contributed by atoms with E-state index in [-0.39, 0.29) is 41.8 Å². The lowest BCUT2D eigenvalue weighted by Crippen LogP contribution is -2.44. The van der Waals surface area contributed by atoms with E-state index in [2.05, 4.69) is 25.9 Å². The largest absolute Gasteiger partial charge is 0.417 e. The lowest BCUT2D eigenvalue weighted by molar-refractivity contribution is -0.143. The molecule has 0 saturated heterocycles. The van der Waals surface area contributed by atoms with Gasteiger partial charge in [-0.2, -0.15) is 39.5 Å². The van der Waals surface area contributed by atoms with Crippen molar-refractivity contribution in [2.75, 3.05) is 14.1 Å². The van der Waals surface area contributed by atoms with Crippen molar-refractivity contribution in [2.24, 2.45) is 5.10 Å². The van der Waals surface area contributed by atoms with Crippen molar-refractivity contribution in [3.8, 4) is 0 Å². The smallest absolute Gasteiger partial charge is 0.332 e. The Morgan fingerprint density at radius 3 is 1.95 bits per heavy atom. The summed E-state index contributed by atoms with van der Waals surface area (Å²) in [7, 11) is 3.38. The molecule has 2 heterocycles. The van der Waals surface area contributed by atoms with Crippen molar-refractivity contribution in [1.29, 1.82) is 0 Å². The Labute approximate surface area is 249 Å². The second-order valence-corrected chi connectivity index (χ2v) is 11.1. The normalized spacial score (nSPS) is 17.6. The lowest BCUT2D eigenvalue weighted by Gasteiger charge is -2.37. The fourth-order valence-corrected chi connectivity index (χ4v) is 5.73. The molecule has 4 rings (SSSR count). The molecule has 1 atom stereocenters. The molecule has 2 N–H and O–H groups in total.